The third-order valence-electron chi connectivity index (χ3n) is 4.99. The Labute approximate surface area is 187 Å². The highest BCUT2D eigenvalue weighted by molar-refractivity contribution is 9.10. The van der Waals surface area contributed by atoms with E-state index in [1.165, 1.54) is 0 Å². The quantitative estimate of drug-likeness (QED) is 0.445. The van der Waals surface area contributed by atoms with E-state index in [0.717, 1.165) is 23.1 Å². The number of rotatable bonds is 5. The van der Waals surface area contributed by atoms with Crippen molar-refractivity contribution in [2.45, 2.75) is 32.6 Å². The van der Waals surface area contributed by atoms with Gasteiger partial charge in [-0.15, -0.1) is 0 Å². The average molecular weight is 484 g/mol. The van der Waals surface area contributed by atoms with Gasteiger partial charge in [0.1, 0.15) is 5.82 Å². The Hall–Kier alpha value is -3.05. The van der Waals surface area contributed by atoms with E-state index in [1.807, 2.05) is 30.3 Å². The molecule has 160 valence electrons. The van der Waals surface area contributed by atoms with Crippen molar-refractivity contribution in [3.05, 3.63) is 46.8 Å². The van der Waals surface area contributed by atoms with Crippen LogP contribution in [0.5, 0.6) is 0 Å². The molecule has 4 aromatic rings. The molecule has 11 heteroatoms. The number of fused-ring (bicyclic) bond motifs is 1. The number of hydrogen-bond donors (Lipinski definition) is 2. The summed E-state index contributed by atoms with van der Waals surface area (Å²) in [5.74, 6) is 2.58. The van der Waals surface area contributed by atoms with E-state index in [1.54, 1.807) is 10.7 Å². The summed E-state index contributed by atoms with van der Waals surface area (Å²) >= 11 is 3.54. The summed E-state index contributed by atoms with van der Waals surface area (Å²) in [5, 5.41) is 15.0. The Bertz CT molecular complexity index is 1180. The molecular weight excluding hydrogens is 462 g/mol. The van der Waals surface area contributed by atoms with Crippen molar-refractivity contribution in [2.24, 2.45) is 0 Å². The van der Waals surface area contributed by atoms with E-state index in [-0.39, 0.29) is 12.2 Å². The Kier molecular flexibility index (Phi) is 5.28. The van der Waals surface area contributed by atoms with Gasteiger partial charge < -0.3 is 15.0 Å². The molecule has 4 heterocycles. The van der Waals surface area contributed by atoms with Crippen LogP contribution in [0.2, 0.25) is 0 Å². The predicted octanol–water partition coefficient (Wildman–Crippen LogP) is 2.90. The molecule has 10 nitrogen and oxygen atoms in total. The van der Waals surface area contributed by atoms with Gasteiger partial charge in [0.15, 0.2) is 11.5 Å². The van der Waals surface area contributed by atoms with Crippen LogP contribution in [-0.4, -0.2) is 60.1 Å². The van der Waals surface area contributed by atoms with Crippen LogP contribution in [0.4, 0.5) is 11.9 Å². The molecule has 0 unspecified atom stereocenters. The van der Waals surface area contributed by atoms with Gasteiger partial charge in [-0.1, -0.05) is 30.3 Å². The monoisotopic (exact) mass is 483 g/mol. The first-order valence-electron chi connectivity index (χ1n) is 10.1. The fourth-order valence-corrected chi connectivity index (χ4v) is 4.04. The first-order chi connectivity index (χ1) is 15.1. The number of nitrogens with one attached hydrogen (secondary N) is 2. The molecule has 0 bridgehead atoms. The minimum Gasteiger partial charge on any atom is -0.372 e. The molecule has 0 amide bonds. The van der Waals surface area contributed by atoms with Crippen LogP contribution >= 0.6 is 15.9 Å². The van der Waals surface area contributed by atoms with E-state index in [4.69, 9.17) is 14.7 Å². The lowest BCUT2D eigenvalue weighted by Gasteiger charge is -2.35. The zero-order valence-electron chi connectivity index (χ0n) is 17.2. The molecule has 1 aliphatic rings. The standard InChI is InChI=1S/C20H22BrN9O/c1-12-10-29(11-13(2)31-12)20-25-18-15(21)8-23-30(18)19(26-20)22-9-16-24-17(28-27-16)14-6-4-3-5-7-14/h3-8,12-13H,9-11H2,1-2H3,(H,22,25,26)(H,24,27,28)/t12-,13+. The number of hydrogen-bond acceptors (Lipinski definition) is 8. The van der Waals surface area contributed by atoms with Crippen molar-refractivity contribution >= 4 is 33.5 Å². The summed E-state index contributed by atoms with van der Waals surface area (Å²) < 4.78 is 8.33. The Balaban J connectivity index is 1.41. The van der Waals surface area contributed by atoms with Crippen molar-refractivity contribution in [3.8, 4) is 11.4 Å². The highest BCUT2D eigenvalue weighted by Gasteiger charge is 2.25. The van der Waals surface area contributed by atoms with E-state index in [9.17, 15) is 0 Å². The molecule has 31 heavy (non-hydrogen) atoms. The van der Waals surface area contributed by atoms with E-state index in [2.05, 4.69) is 60.3 Å². The molecule has 1 aromatic carbocycles. The normalized spacial score (nSPS) is 19.1. The average Bonchev–Trinajstić information content (AvgIpc) is 3.39. The van der Waals surface area contributed by atoms with E-state index < -0.39 is 0 Å². The summed E-state index contributed by atoms with van der Waals surface area (Å²) in [6, 6.07) is 9.85. The Morgan fingerprint density at radius 1 is 1.13 bits per heavy atom. The maximum atomic E-state index is 5.85. The van der Waals surface area contributed by atoms with Crippen molar-refractivity contribution in [1.82, 2.24) is 34.8 Å². The van der Waals surface area contributed by atoms with Crippen LogP contribution in [0.1, 0.15) is 19.7 Å². The number of aromatic amines is 1. The van der Waals surface area contributed by atoms with Gasteiger partial charge in [0, 0.05) is 18.7 Å². The third-order valence-corrected chi connectivity index (χ3v) is 5.55. The Morgan fingerprint density at radius 3 is 2.68 bits per heavy atom. The minimum absolute atomic E-state index is 0.110. The van der Waals surface area contributed by atoms with Gasteiger partial charge in [-0.25, -0.2) is 4.98 Å². The molecule has 5 rings (SSSR count). The minimum atomic E-state index is 0.110. The van der Waals surface area contributed by atoms with E-state index in [0.29, 0.717) is 35.7 Å². The van der Waals surface area contributed by atoms with Gasteiger partial charge in [0.05, 0.1) is 29.4 Å². The van der Waals surface area contributed by atoms with Crippen LogP contribution in [0.25, 0.3) is 17.0 Å². The first kappa shape index (κ1) is 19.9. The molecule has 0 radical (unpaired) electrons. The van der Waals surface area contributed by atoms with Crippen LogP contribution in [0.15, 0.2) is 41.0 Å². The summed E-state index contributed by atoms with van der Waals surface area (Å²) in [7, 11) is 0. The highest BCUT2D eigenvalue weighted by Crippen LogP contribution is 2.24. The largest absolute Gasteiger partial charge is 0.372 e. The number of morpholine rings is 1. The number of aromatic nitrogens is 7. The van der Waals surface area contributed by atoms with Gasteiger partial charge in [0.2, 0.25) is 11.9 Å². The summed E-state index contributed by atoms with van der Waals surface area (Å²) in [6.45, 7) is 5.99. The molecule has 2 atom stereocenters. The van der Waals surface area contributed by atoms with Gasteiger partial charge >= 0.3 is 0 Å². The van der Waals surface area contributed by atoms with Gasteiger partial charge in [-0.3, -0.25) is 5.10 Å². The lowest BCUT2D eigenvalue weighted by Crippen LogP contribution is -2.46. The zero-order valence-corrected chi connectivity index (χ0v) is 18.7. The maximum Gasteiger partial charge on any atom is 0.230 e. The topological polar surface area (TPSA) is 109 Å². The number of H-pyrrole nitrogens is 1. The molecule has 1 fully saturated rings. The second-order valence-electron chi connectivity index (χ2n) is 7.56. The maximum absolute atomic E-state index is 5.85. The first-order valence-corrected chi connectivity index (χ1v) is 10.9. The number of nitrogens with zero attached hydrogens (tertiary/aromatic N) is 7. The van der Waals surface area contributed by atoms with Crippen molar-refractivity contribution in [2.75, 3.05) is 23.3 Å². The third kappa shape index (κ3) is 4.10. The zero-order chi connectivity index (χ0) is 21.4. The summed E-state index contributed by atoms with van der Waals surface area (Å²) in [5.41, 5.74) is 1.66. The summed E-state index contributed by atoms with van der Waals surface area (Å²) in [4.78, 5) is 16.2. The van der Waals surface area contributed by atoms with Crippen molar-refractivity contribution < 1.29 is 4.74 Å². The fourth-order valence-electron chi connectivity index (χ4n) is 3.69. The van der Waals surface area contributed by atoms with Crippen LogP contribution < -0.4 is 10.2 Å². The molecular formula is C20H22BrN9O. The van der Waals surface area contributed by atoms with Crippen LogP contribution in [0.3, 0.4) is 0 Å². The summed E-state index contributed by atoms with van der Waals surface area (Å²) in [6.07, 6.45) is 1.93. The molecule has 0 saturated carbocycles. The SMILES string of the molecule is C[C@@H]1CN(c2nc(NCc3nc(-c4ccccc4)n[nH]3)n3ncc(Br)c3n2)C[C@H](C)O1. The second-order valence-corrected chi connectivity index (χ2v) is 8.42. The van der Waals surface area contributed by atoms with Crippen LogP contribution in [0, 0.1) is 0 Å². The second kappa shape index (κ2) is 8.23. The number of anilines is 2. The molecule has 1 saturated heterocycles. The Morgan fingerprint density at radius 2 is 1.90 bits per heavy atom. The van der Waals surface area contributed by atoms with Gasteiger partial charge in [-0.2, -0.15) is 24.7 Å². The number of ether oxygens (including phenoxy) is 1. The van der Waals surface area contributed by atoms with Gasteiger partial charge in [-0.05, 0) is 29.8 Å². The van der Waals surface area contributed by atoms with E-state index >= 15 is 0 Å². The lowest BCUT2D eigenvalue weighted by atomic mass is 10.2. The number of benzene rings is 1. The van der Waals surface area contributed by atoms with Crippen molar-refractivity contribution in [1.29, 1.82) is 0 Å². The fraction of sp³-hybridized carbons (Fsp3) is 0.350. The lowest BCUT2D eigenvalue weighted by molar-refractivity contribution is -0.00571. The number of halogens is 1. The highest BCUT2D eigenvalue weighted by atomic mass is 79.9. The molecule has 2 N–H and O–H groups in total. The predicted molar refractivity (Wildman–Crippen MR) is 120 cm³/mol. The molecule has 0 spiro atoms. The van der Waals surface area contributed by atoms with Gasteiger partial charge in [0.25, 0.3) is 0 Å². The molecule has 1 aliphatic heterocycles. The molecule has 3 aromatic heterocycles. The molecule has 0 aliphatic carbocycles. The van der Waals surface area contributed by atoms with Crippen LogP contribution in [-0.2, 0) is 11.3 Å². The smallest absolute Gasteiger partial charge is 0.230 e. The van der Waals surface area contributed by atoms with Crippen molar-refractivity contribution in [3.63, 3.8) is 0 Å².